The molecule has 2 aliphatic rings. The summed E-state index contributed by atoms with van der Waals surface area (Å²) in [6, 6.07) is 16.1. The molecule has 0 atom stereocenters. The minimum absolute atomic E-state index is 0.890. The smallest absolute Gasteiger partial charge is 0.0658 e. The van der Waals surface area contributed by atoms with Crippen LogP contribution in [0, 0.1) is 0 Å². The molecule has 0 saturated heterocycles. The van der Waals surface area contributed by atoms with Crippen LogP contribution in [0.2, 0.25) is 0 Å². The Kier molecular flexibility index (Phi) is 3.08. The van der Waals surface area contributed by atoms with Gasteiger partial charge < -0.3 is 21.8 Å². The van der Waals surface area contributed by atoms with Crippen LogP contribution in [0.3, 0.4) is 0 Å². The molecule has 3 aromatic rings. The summed E-state index contributed by atoms with van der Waals surface area (Å²) in [7, 11) is 0. The van der Waals surface area contributed by atoms with Gasteiger partial charge >= 0.3 is 0 Å². The van der Waals surface area contributed by atoms with Crippen LogP contribution in [-0.4, -0.2) is 18.9 Å². The third-order valence-corrected chi connectivity index (χ3v) is 4.61. The SMILES string of the molecule is [S-]n1c2ccc1cc1nc(cc3ccc(cc4nc(c2)C=C4)[nH]3)C=C1. The first-order valence-electron chi connectivity index (χ1n) is 7.98. The number of hydrogen-bond acceptors (Lipinski definition) is 3. The van der Waals surface area contributed by atoms with Crippen LogP contribution in [0.15, 0.2) is 48.5 Å². The van der Waals surface area contributed by atoms with E-state index in [4.69, 9.17) is 12.8 Å². The van der Waals surface area contributed by atoms with Crippen molar-refractivity contribution in [2.75, 3.05) is 0 Å². The first-order valence-corrected chi connectivity index (χ1v) is 8.34. The van der Waals surface area contributed by atoms with E-state index in [0.29, 0.717) is 0 Å². The highest BCUT2D eigenvalue weighted by atomic mass is 32.1. The van der Waals surface area contributed by atoms with Crippen LogP contribution < -0.4 is 0 Å². The summed E-state index contributed by atoms with van der Waals surface area (Å²) in [5.74, 6) is 0. The van der Waals surface area contributed by atoms with Crippen LogP contribution in [0.25, 0.3) is 46.4 Å². The fourth-order valence-electron chi connectivity index (χ4n) is 3.00. The van der Waals surface area contributed by atoms with Crippen molar-refractivity contribution in [1.29, 1.82) is 0 Å². The molecule has 25 heavy (non-hydrogen) atoms. The molecule has 1 N–H and O–H groups in total. The summed E-state index contributed by atoms with van der Waals surface area (Å²) >= 11 is 5.53. The summed E-state index contributed by atoms with van der Waals surface area (Å²) in [6.45, 7) is 0. The van der Waals surface area contributed by atoms with Crippen LogP contribution in [0.5, 0.6) is 0 Å². The molecule has 0 radical (unpaired) electrons. The van der Waals surface area contributed by atoms with E-state index in [1.54, 1.807) is 3.97 Å². The molecule has 5 heteroatoms. The van der Waals surface area contributed by atoms with E-state index in [1.807, 2.05) is 72.8 Å². The molecule has 8 bridgehead atoms. The van der Waals surface area contributed by atoms with Gasteiger partial charge in [-0.1, -0.05) is 0 Å². The number of hydrogen-bond donors (Lipinski definition) is 1. The molecule has 0 unspecified atom stereocenters. The highest BCUT2D eigenvalue weighted by molar-refractivity contribution is 7.57. The summed E-state index contributed by atoms with van der Waals surface area (Å²) in [4.78, 5) is 12.6. The molecule has 2 aliphatic heterocycles. The van der Waals surface area contributed by atoms with Crippen molar-refractivity contribution < 1.29 is 0 Å². The Morgan fingerprint density at radius 2 is 1.08 bits per heavy atom. The topological polar surface area (TPSA) is 46.5 Å². The molecule has 5 rings (SSSR count). The van der Waals surface area contributed by atoms with Gasteiger partial charge in [0.1, 0.15) is 0 Å². The van der Waals surface area contributed by atoms with E-state index in [0.717, 1.165) is 44.8 Å². The first-order chi connectivity index (χ1) is 12.2. The van der Waals surface area contributed by atoms with Crippen molar-refractivity contribution in [3.05, 3.63) is 71.3 Å². The van der Waals surface area contributed by atoms with Gasteiger partial charge in [-0.15, -0.1) is 0 Å². The number of nitrogens with one attached hydrogen (secondary N) is 1. The normalized spacial score (nSPS) is 12.6. The van der Waals surface area contributed by atoms with Crippen LogP contribution in [0.4, 0.5) is 0 Å². The van der Waals surface area contributed by atoms with Crippen molar-refractivity contribution in [2.45, 2.75) is 0 Å². The lowest BCUT2D eigenvalue weighted by molar-refractivity contribution is 1.30. The molecule has 0 amide bonds. The molecule has 4 nitrogen and oxygen atoms in total. The Hall–Kier alpha value is -3.18. The van der Waals surface area contributed by atoms with Gasteiger partial charge in [-0.2, -0.15) is 0 Å². The predicted molar refractivity (Wildman–Crippen MR) is 105 cm³/mol. The Labute approximate surface area is 149 Å². The number of nitrogens with zero attached hydrogens (tertiary/aromatic N) is 3. The number of rotatable bonds is 0. The highest BCUT2D eigenvalue weighted by Gasteiger charge is 2.01. The fourth-order valence-corrected chi connectivity index (χ4v) is 3.23. The fraction of sp³-hybridized carbons (Fsp3) is 0. The number of H-pyrrole nitrogens is 1. The van der Waals surface area contributed by atoms with E-state index >= 15 is 0 Å². The van der Waals surface area contributed by atoms with Crippen molar-refractivity contribution in [3.8, 4) is 0 Å². The molecule has 0 fully saturated rings. The van der Waals surface area contributed by atoms with Crippen molar-refractivity contribution in [1.82, 2.24) is 18.9 Å². The molecule has 0 aliphatic carbocycles. The Bertz CT molecular complexity index is 1120. The molecular weight excluding hydrogens is 328 g/mol. The Balaban J connectivity index is 1.88. The monoisotopic (exact) mass is 341 g/mol. The van der Waals surface area contributed by atoms with Gasteiger partial charge in [0.05, 0.1) is 22.8 Å². The third kappa shape index (κ3) is 2.64. The van der Waals surface area contributed by atoms with Crippen molar-refractivity contribution in [3.63, 3.8) is 0 Å². The second-order valence-corrected chi connectivity index (χ2v) is 6.38. The average molecular weight is 341 g/mol. The molecule has 0 aromatic carbocycles. The zero-order valence-electron chi connectivity index (χ0n) is 13.2. The van der Waals surface area contributed by atoms with E-state index in [2.05, 4.69) is 15.0 Å². The van der Waals surface area contributed by atoms with E-state index in [-0.39, 0.29) is 0 Å². The highest BCUT2D eigenvalue weighted by Crippen LogP contribution is 2.18. The lowest BCUT2D eigenvalue weighted by Gasteiger charge is -2.09. The number of aromatic amines is 1. The molecular formula is C20H13N4S-. The largest absolute Gasteiger partial charge is 0.687 e. The van der Waals surface area contributed by atoms with Gasteiger partial charge in [-0.25, -0.2) is 9.97 Å². The zero-order chi connectivity index (χ0) is 16.8. The van der Waals surface area contributed by atoms with Crippen molar-refractivity contribution in [2.24, 2.45) is 0 Å². The maximum Gasteiger partial charge on any atom is 0.0658 e. The number of fused-ring (bicyclic) bond motifs is 8. The molecule has 0 spiro atoms. The summed E-state index contributed by atoms with van der Waals surface area (Å²) < 4.78 is 1.73. The van der Waals surface area contributed by atoms with Gasteiger partial charge in [0.2, 0.25) is 0 Å². The minimum atomic E-state index is 0.890. The second kappa shape index (κ2) is 5.43. The predicted octanol–water partition coefficient (Wildman–Crippen LogP) is 4.44. The van der Waals surface area contributed by atoms with Gasteiger partial charge in [-0.3, -0.25) is 0 Å². The van der Waals surface area contributed by atoms with Gasteiger partial charge in [0.15, 0.2) is 0 Å². The maximum absolute atomic E-state index is 5.53. The Morgan fingerprint density at radius 3 is 1.56 bits per heavy atom. The first kappa shape index (κ1) is 14.2. The zero-order valence-corrected chi connectivity index (χ0v) is 14.0. The number of aromatic nitrogens is 4. The molecule has 5 heterocycles. The van der Waals surface area contributed by atoms with Gasteiger partial charge in [0, 0.05) is 22.1 Å². The van der Waals surface area contributed by atoms with E-state index in [9.17, 15) is 0 Å². The van der Waals surface area contributed by atoms with Gasteiger partial charge in [0.25, 0.3) is 0 Å². The summed E-state index contributed by atoms with van der Waals surface area (Å²) in [5, 5.41) is 0. The lowest BCUT2D eigenvalue weighted by atomic mass is 10.3. The maximum atomic E-state index is 5.53. The molecule has 3 aromatic heterocycles. The van der Waals surface area contributed by atoms with Crippen LogP contribution in [0.1, 0.15) is 22.8 Å². The molecule has 120 valence electrons. The summed E-state index contributed by atoms with van der Waals surface area (Å²) in [6.07, 6.45) is 8.00. The summed E-state index contributed by atoms with van der Waals surface area (Å²) in [5.41, 5.74) is 7.48. The minimum Gasteiger partial charge on any atom is -0.687 e. The van der Waals surface area contributed by atoms with E-state index in [1.165, 1.54) is 0 Å². The molecule has 0 saturated carbocycles. The average Bonchev–Trinajstić information content (AvgIpc) is 3.36. The standard InChI is InChI=1S/C20H13N4S/c25-24-19-7-8-20(24)12-18-6-4-16(23-18)10-14-2-1-13(21-14)9-15-3-5-17(11-19)22-15/h1-12,21H/q-1. The van der Waals surface area contributed by atoms with Crippen LogP contribution >= 0.6 is 0 Å². The van der Waals surface area contributed by atoms with Gasteiger partial charge in [-0.05, 0) is 72.8 Å². The van der Waals surface area contributed by atoms with Crippen LogP contribution in [-0.2, 0) is 12.8 Å². The third-order valence-electron chi connectivity index (χ3n) is 4.19. The lowest BCUT2D eigenvalue weighted by Crippen LogP contribution is -1.84. The second-order valence-electron chi connectivity index (χ2n) is 6.01. The van der Waals surface area contributed by atoms with Crippen molar-refractivity contribution >= 4 is 59.2 Å². The quantitative estimate of drug-likeness (QED) is 0.424. The van der Waals surface area contributed by atoms with E-state index < -0.39 is 0 Å². The Morgan fingerprint density at radius 1 is 0.640 bits per heavy atom.